The lowest BCUT2D eigenvalue weighted by molar-refractivity contribution is 0.102. The van der Waals surface area contributed by atoms with Gasteiger partial charge in [-0.1, -0.05) is 11.6 Å². The second-order valence-electron chi connectivity index (χ2n) is 5.81. The molecule has 2 aromatic rings. The number of halogens is 1. The maximum atomic E-state index is 12.4. The van der Waals surface area contributed by atoms with Crippen LogP contribution >= 0.6 is 11.6 Å². The molecule has 1 aliphatic rings. The maximum Gasteiger partial charge on any atom is 0.259 e. The monoisotopic (exact) mass is 346 g/mol. The van der Waals surface area contributed by atoms with E-state index in [-0.39, 0.29) is 5.91 Å². The lowest BCUT2D eigenvalue weighted by Crippen LogP contribution is -2.13. The van der Waals surface area contributed by atoms with Crippen molar-refractivity contribution < 1.29 is 14.3 Å². The molecule has 0 bridgehead atoms. The first-order chi connectivity index (χ1) is 11.6. The lowest BCUT2D eigenvalue weighted by Gasteiger charge is -2.12. The number of hydrogen-bond donors (Lipinski definition) is 2. The summed E-state index contributed by atoms with van der Waals surface area (Å²) in [4.78, 5) is 12.4. The van der Waals surface area contributed by atoms with Crippen LogP contribution < -0.4 is 20.5 Å². The molecule has 0 spiro atoms. The number of rotatable bonds is 6. The van der Waals surface area contributed by atoms with Crippen molar-refractivity contribution in [2.75, 3.05) is 24.8 Å². The number of amides is 1. The highest BCUT2D eigenvalue weighted by Crippen LogP contribution is 2.31. The molecule has 24 heavy (non-hydrogen) atoms. The van der Waals surface area contributed by atoms with Gasteiger partial charge in [-0.25, -0.2) is 0 Å². The van der Waals surface area contributed by atoms with E-state index in [2.05, 4.69) is 5.32 Å². The molecule has 1 fully saturated rings. The minimum absolute atomic E-state index is 0.310. The first-order valence-electron chi connectivity index (χ1n) is 7.74. The van der Waals surface area contributed by atoms with Crippen molar-refractivity contribution in [1.82, 2.24) is 0 Å². The third kappa shape index (κ3) is 3.92. The molecule has 1 saturated carbocycles. The molecule has 0 heterocycles. The Hall–Kier alpha value is -2.40. The number of nitrogen functional groups attached to an aromatic ring is 1. The van der Waals surface area contributed by atoms with Crippen LogP contribution in [0.1, 0.15) is 23.2 Å². The summed E-state index contributed by atoms with van der Waals surface area (Å²) in [6, 6.07) is 10.3. The van der Waals surface area contributed by atoms with Crippen LogP contribution in [0.5, 0.6) is 11.5 Å². The van der Waals surface area contributed by atoms with E-state index >= 15 is 0 Å². The van der Waals surface area contributed by atoms with Gasteiger partial charge < -0.3 is 20.5 Å². The van der Waals surface area contributed by atoms with E-state index in [1.165, 1.54) is 32.1 Å². The van der Waals surface area contributed by atoms with E-state index in [9.17, 15) is 4.79 Å². The number of carbonyl (C=O) groups is 1. The van der Waals surface area contributed by atoms with Gasteiger partial charge in [0, 0.05) is 11.8 Å². The molecule has 126 valence electrons. The molecule has 0 atom stereocenters. The van der Waals surface area contributed by atoms with Gasteiger partial charge in [0.05, 0.1) is 30.0 Å². The number of hydrogen-bond acceptors (Lipinski definition) is 4. The van der Waals surface area contributed by atoms with E-state index in [0.29, 0.717) is 33.6 Å². The summed E-state index contributed by atoms with van der Waals surface area (Å²) < 4.78 is 10.9. The number of benzene rings is 2. The second-order valence-corrected chi connectivity index (χ2v) is 6.21. The SMILES string of the molecule is COc1cc(N)c(Cl)cc1C(=O)Nc1ccc(OCC2CC2)cc1. The summed E-state index contributed by atoms with van der Waals surface area (Å²) in [5.41, 5.74) is 7.08. The molecule has 3 N–H and O–H groups in total. The third-order valence-electron chi connectivity index (χ3n) is 3.86. The summed E-state index contributed by atoms with van der Waals surface area (Å²) in [6.45, 7) is 0.757. The summed E-state index contributed by atoms with van der Waals surface area (Å²) >= 11 is 6.00. The van der Waals surface area contributed by atoms with Crippen LogP contribution in [0.25, 0.3) is 0 Å². The fourth-order valence-corrected chi connectivity index (χ4v) is 2.41. The standard InChI is InChI=1S/C18H19ClN2O3/c1-23-17-9-16(20)15(19)8-14(17)18(22)21-12-4-6-13(7-5-12)24-10-11-2-3-11/h4-9,11H,2-3,10,20H2,1H3,(H,21,22). The summed E-state index contributed by atoms with van der Waals surface area (Å²) in [5.74, 6) is 1.55. The lowest BCUT2D eigenvalue weighted by atomic mass is 10.1. The highest BCUT2D eigenvalue weighted by Gasteiger charge is 2.21. The summed E-state index contributed by atoms with van der Waals surface area (Å²) in [5, 5.41) is 3.12. The van der Waals surface area contributed by atoms with Crippen molar-refractivity contribution in [2.45, 2.75) is 12.8 Å². The molecular weight excluding hydrogens is 328 g/mol. The Balaban J connectivity index is 1.68. The first kappa shape index (κ1) is 16.5. The summed E-state index contributed by atoms with van der Waals surface area (Å²) in [7, 11) is 1.48. The number of nitrogens with one attached hydrogen (secondary N) is 1. The van der Waals surface area contributed by atoms with Crippen LogP contribution in [0.4, 0.5) is 11.4 Å². The zero-order valence-corrected chi connectivity index (χ0v) is 14.1. The van der Waals surface area contributed by atoms with E-state index in [1.807, 2.05) is 12.1 Å². The molecule has 3 rings (SSSR count). The minimum Gasteiger partial charge on any atom is -0.496 e. The predicted octanol–water partition coefficient (Wildman–Crippen LogP) is 3.97. The fourth-order valence-electron chi connectivity index (χ4n) is 2.25. The quantitative estimate of drug-likeness (QED) is 0.776. The van der Waals surface area contributed by atoms with Crippen molar-refractivity contribution in [3.8, 4) is 11.5 Å². The minimum atomic E-state index is -0.319. The van der Waals surface area contributed by atoms with Gasteiger partial charge in [0.1, 0.15) is 11.5 Å². The molecule has 0 radical (unpaired) electrons. The molecule has 1 amide bonds. The first-order valence-corrected chi connectivity index (χ1v) is 8.12. The Labute approximate surface area is 145 Å². The molecule has 0 aromatic heterocycles. The predicted molar refractivity (Wildman–Crippen MR) is 95.0 cm³/mol. The third-order valence-corrected chi connectivity index (χ3v) is 4.19. The van der Waals surface area contributed by atoms with Gasteiger partial charge in [-0.15, -0.1) is 0 Å². The zero-order chi connectivity index (χ0) is 17.1. The van der Waals surface area contributed by atoms with Gasteiger partial charge >= 0.3 is 0 Å². The molecular formula is C18H19ClN2O3. The van der Waals surface area contributed by atoms with Crippen LogP contribution in [-0.4, -0.2) is 19.6 Å². The number of nitrogens with two attached hydrogens (primary N) is 1. The van der Waals surface area contributed by atoms with E-state index in [0.717, 1.165) is 12.4 Å². The Morgan fingerprint density at radius 3 is 2.62 bits per heavy atom. The van der Waals surface area contributed by atoms with Crippen LogP contribution in [0.2, 0.25) is 5.02 Å². The van der Waals surface area contributed by atoms with Crippen molar-refractivity contribution in [3.63, 3.8) is 0 Å². The normalized spacial score (nSPS) is 13.4. The highest BCUT2D eigenvalue weighted by atomic mass is 35.5. The van der Waals surface area contributed by atoms with Gasteiger partial charge in [0.2, 0.25) is 0 Å². The Morgan fingerprint density at radius 2 is 2.00 bits per heavy atom. The Bertz CT molecular complexity index is 743. The zero-order valence-electron chi connectivity index (χ0n) is 13.3. The van der Waals surface area contributed by atoms with E-state index < -0.39 is 0 Å². The fraction of sp³-hybridized carbons (Fsp3) is 0.278. The second kappa shape index (κ2) is 7.01. The van der Waals surface area contributed by atoms with Crippen LogP contribution in [-0.2, 0) is 0 Å². The van der Waals surface area contributed by atoms with Crippen LogP contribution in [0.3, 0.4) is 0 Å². The average Bonchev–Trinajstić information content (AvgIpc) is 3.40. The number of ether oxygens (including phenoxy) is 2. The molecule has 0 aliphatic heterocycles. The molecule has 1 aliphatic carbocycles. The number of methoxy groups -OCH3 is 1. The van der Waals surface area contributed by atoms with Gasteiger partial charge in [0.15, 0.2) is 0 Å². The largest absolute Gasteiger partial charge is 0.496 e. The smallest absolute Gasteiger partial charge is 0.259 e. The summed E-state index contributed by atoms with van der Waals surface area (Å²) in [6.07, 6.45) is 2.50. The van der Waals surface area contributed by atoms with Crippen molar-refractivity contribution >= 4 is 28.9 Å². The van der Waals surface area contributed by atoms with Crippen LogP contribution in [0, 0.1) is 5.92 Å². The van der Waals surface area contributed by atoms with Gasteiger partial charge in [0.25, 0.3) is 5.91 Å². The number of carbonyl (C=O) groups excluding carboxylic acids is 1. The van der Waals surface area contributed by atoms with Gasteiger partial charge in [-0.3, -0.25) is 4.79 Å². The maximum absolute atomic E-state index is 12.4. The molecule has 6 heteroatoms. The molecule has 0 unspecified atom stereocenters. The average molecular weight is 347 g/mol. The van der Waals surface area contributed by atoms with Gasteiger partial charge in [-0.2, -0.15) is 0 Å². The van der Waals surface area contributed by atoms with Gasteiger partial charge in [-0.05, 0) is 49.1 Å². The van der Waals surface area contributed by atoms with Crippen molar-refractivity contribution in [1.29, 1.82) is 0 Å². The molecule has 0 saturated heterocycles. The topological polar surface area (TPSA) is 73.6 Å². The Morgan fingerprint density at radius 1 is 1.29 bits per heavy atom. The molecule has 2 aromatic carbocycles. The van der Waals surface area contributed by atoms with E-state index in [4.69, 9.17) is 26.8 Å². The highest BCUT2D eigenvalue weighted by molar-refractivity contribution is 6.33. The van der Waals surface area contributed by atoms with Crippen molar-refractivity contribution in [2.24, 2.45) is 5.92 Å². The number of anilines is 2. The van der Waals surface area contributed by atoms with E-state index in [1.54, 1.807) is 12.1 Å². The van der Waals surface area contributed by atoms with Crippen LogP contribution in [0.15, 0.2) is 36.4 Å². The van der Waals surface area contributed by atoms with Crippen molar-refractivity contribution in [3.05, 3.63) is 47.0 Å². The Kier molecular flexibility index (Phi) is 4.81. The molecule has 5 nitrogen and oxygen atoms in total.